The monoisotopic (exact) mass is 251 g/mol. The van der Waals surface area contributed by atoms with Gasteiger partial charge >= 0.3 is 0 Å². The van der Waals surface area contributed by atoms with Crippen LogP contribution in [0.2, 0.25) is 0 Å². The van der Waals surface area contributed by atoms with E-state index in [1.165, 1.54) is 25.8 Å². The van der Waals surface area contributed by atoms with Crippen LogP contribution in [0.25, 0.3) is 0 Å². The van der Waals surface area contributed by atoms with Gasteiger partial charge in [-0.3, -0.25) is 4.79 Å². The average molecular weight is 251 g/mol. The SMILES string of the molecule is CCN(CC1CCC1)CC1CC(C)(C)CCC1=O. The first-order chi connectivity index (χ1) is 8.50. The Morgan fingerprint density at radius 3 is 2.56 bits per heavy atom. The van der Waals surface area contributed by atoms with Gasteiger partial charge in [-0.1, -0.05) is 27.2 Å². The Balaban J connectivity index is 1.86. The molecule has 18 heavy (non-hydrogen) atoms. The first kappa shape index (κ1) is 14.0. The van der Waals surface area contributed by atoms with Crippen LogP contribution in [0.15, 0.2) is 0 Å². The van der Waals surface area contributed by atoms with Gasteiger partial charge in [0.15, 0.2) is 0 Å². The molecule has 2 fully saturated rings. The molecule has 0 N–H and O–H groups in total. The number of carbonyl (C=O) groups is 1. The van der Waals surface area contributed by atoms with Crippen molar-refractivity contribution < 1.29 is 4.79 Å². The number of Topliss-reactive ketones (excluding diaryl/α,β-unsaturated/α-hetero) is 1. The zero-order valence-electron chi connectivity index (χ0n) is 12.4. The molecule has 0 bridgehead atoms. The van der Waals surface area contributed by atoms with Gasteiger partial charge in [0.25, 0.3) is 0 Å². The molecule has 0 saturated heterocycles. The second-order valence-corrected chi connectivity index (χ2v) is 7.18. The zero-order chi connectivity index (χ0) is 13.2. The molecule has 104 valence electrons. The number of carbonyl (C=O) groups excluding carboxylic acids is 1. The maximum Gasteiger partial charge on any atom is 0.137 e. The molecule has 2 heteroatoms. The Bertz CT molecular complexity index is 293. The van der Waals surface area contributed by atoms with Crippen molar-refractivity contribution in [2.24, 2.45) is 17.3 Å². The fourth-order valence-electron chi connectivity index (χ4n) is 3.40. The Morgan fingerprint density at radius 1 is 1.28 bits per heavy atom. The van der Waals surface area contributed by atoms with Gasteiger partial charge in [0.2, 0.25) is 0 Å². The quantitative estimate of drug-likeness (QED) is 0.745. The molecule has 1 unspecified atom stereocenters. The van der Waals surface area contributed by atoms with Gasteiger partial charge < -0.3 is 4.90 Å². The maximum absolute atomic E-state index is 12.1. The second-order valence-electron chi connectivity index (χ2n) is 7.18. The second kappa shape index (κ2) is 5.73. The summed E-state index contributed by atoms with van der Waals surface area (Å²) >= 11 is 0. The van der Waals surface area contributed by atoms with Crippen LogP contribution < -0.4 is 0 Å². The highest BCUT2D eigenvalue weighted by Gasteiger charge is 2.34. The van der Waals surface area contributed by atoms with Crippen molar-refractivity contribution in [3.8, 4) is 0 Å². The lowest BCUT2D eigenvalue weighted by atomic mass is 9.71. The van der Waals surface area contributed by atoms with Gasteiger partial charge in [0, 0.05) is 25.4 Å². The maximum atomic E-state index is 12.1. The van der Waals surface area contributed by atoms with Gasteiger partial charge in [0.1, 0.15) is 5.78 Å². The number of hydrogen-bond donors (Lipinski definition) is 0. The summed E-state index contributed by atoms with van der Waals surface area (Å²) in [6.07, 6.45) is 7.20. The van der Waals surface area contributed by atoms with Crippen molar-refractivity contribution >= 4 is 5.78 Å². The fourth-order valence-corrected chi connectivity index (χ4v) is 3.40. The first-order valence-electron chi connectivity index (χ1n) is 7.75. The van der Waals surface area contributed by atoms with Crippen molar-refractivity contribution in [3.63, 3.8) is 0 Å². The van der Waals surface area contributed by atoms with E-state index in [1.807, 2.05) is 0 Å². The van der Waals surface area contributed by atoms with Crippen LogP contribution in [0, 0.1) is 17.3 Å². The molecule has 0 amide bonds. The minimum absolute atomic E-state index is 0.300. The van der Waals surface area contributed by atoms with Crippen molar-refractivity contribution in [3.05, 3.63) is 0 Å². The molecule has 0 aromatic heterocycles. The Labute approximate surface area is 112 Å². The molecule has 0 spiro atoms. The van der Waals surface area contributed by atoms with Crippen molar-refractivity contribution in [2.75, 3.05) is 19.6 Å². The van der Waals surface area contributed by atoms with E-state index in [1.54, 1.807) is 0 Å². The summed E-state index contributed by atoms with van der Waals surface area (Å²) in [4.78, 5) is 14.6. The fraction of sp³-hybridized carbons (Fsp3) is 0.938. The summed E-state index contributed by atoms with van der Waals surface area (Å²) in [7, 11) is 0. The van der Waals surface area contributed by atoms with Crippen LogP contribution in [0.3, 0.4) is 0 Å². The van der Waals surface area contributed by atoms with E-state index in [4.69, 9.17) is 0 Å². The molecule has 0 aromatic rings. The molecule has 2 saturated carbocycles. The Kier molecular flexibility index (Phi) is 4.47. The van der Waals surface area contributed by atoms with E-state index in [2.05, 4.69) is 25.7 Å². The summed E-state index contributed by atoms with van der Waals surface area (Å²) in [5.74, 6) is 1.73. The molecule has 2 aliphatic carbocycles. The largest absolute Gasteiger partial charge is 0.303 e. The van der Waals surface area contributed by atoms with Crippen LogP contribution in [0.5, 0.6) is 0 Å². The number of hydrogen-bond acceptors (Lipinski definition) is 2. The first-order valence-corrected chi connectivity index (χ1v) is 7.75. The summed E-state index contributed by atoms with van der Waals surface area (Å²) in [5, 5.41) is 0. The summed E-state index contributed by atoms with van der Waals surface area (Å²) in [6.45, 7) is 10.2. The molecule has 0 aromatic carbocycles. The van der Waals surface area contributed by atoms with E-state index >= 15 is 0 Å². The third kappa shape index (κ3) is 3.57. The summed E-state index contributed by atoms with van der Waals surface area (Å²) in [5.41, 5.74) is 0.370. The van der Waals surface area contributed by atoms with E-state index in [0.717, 1.165) is 38.3 Å². The summed E-state index contributed by atoms with van der Waals surface area (Å²) < 4.78 is 0. The van der Waals surface area contributed by atoms with Crippen LogP contribution in [-0.4, -0.2) is 30.3 Å². The Hall–Kier alpha value is -0.370. The van der Waals surface area contributed by atoms with Crippen LogP contribution in [0.1, 0.15) is 59.3 Å². The van der Waals surface area contributed by atoms with Crippen LogP contribution >= 0.6 is 0 Å². The van der Waals surface area contributed by atoms with Gasteiger partial charge in [-0.15, -0.1) is 0 Å². The third-order valence-electron chi connectivity index (χ3n) is 4.97. The predicted octanol–water partition coefficient (Wildman–Crippen LogP) is 3.50. The van der Waals surface area contributed by atoms with Crippen molar-refractivity contribution in [2.45, 2.75) is 59.3 Å². The van der Waals surface area contributed by atoms with E-state index in [-0.39, 0.29) is 0 Å². The zero-order valence-corrected chi connectivity index (χ0v) is 12.4. The molecule has 0 aliphatic heterocycles. The van der Waals surface area contributed by atoms with E-state index < -0.39 is 0 Å². The van der Waals surface area contributed by atoms with E-state index in [0.29, 0.717) is 17.1 Å². The van der Waals surface area contributed by atoms with Gasteiger partial charge in [-0.25, -0.2) is 0 Å². The Morgan fingerprint density at radius 2 is 2.00 bits per heavy atom. The lowest BCUT2D eigenvalue weighted by Crippen LogP contribution is -2.41. The standard InChI is InChI=1S/C16H29NO/c1-4-17(11-13-6-5-7-13)12-14-10-16(2,3)9-8-15(14)18/h13-14H,4-12H2,1-3H3. The van der Waals surface area contributed by atoms with Crippen molar-refractivity contribution in [1.82, 2.24) is 4.90 Å². The minimum Gasteiger partial charge on any atom is -0.303 e. The number of ketones is 1. The molecular weight excluding hydrogens is 222 g/mol. The topological polar surface area (TPSA) is 20.3 Å². The molecule has 2 nitrogen and oxygen atoms in total. The smallest absolute Gasteiger partial charge is 0.137 e. The molecular formula is C16H29NO. The predicted molar refractivity (Wildman–Crippen MR) is 75.6 cm³/mol. The molecule has 0 radical (unpaired) electrons. The molecule has 0 heterocycles. The van der Waals surface area contributed by atoms with Gasteiger partial charge in [0.05, 0.1) is 0 Å². The van der Waals surface area contributed by atoms with Crippen LogP contribution in [-0.2, 0) is 4.79 Å². The lowest BCUT2D eigenvalue weighted by molar-refractivity contribution is -0.127. The number of nitrogens with zero attached hydrogens (tertiary/aromatic N) is 1. The molecule has 1 atom stereocenters. The number of rotatable bonds is 5. The highest BCUT2D eigenvalue weighted by atomic mass is 16.1. The lowest BCUT2D eigenvalue weighted by Gasteiger charge is -2.38. The van der Waals surface area contributed by atoms with Crippen molar-refractivity contribution in [1.29, 1.82) is 0 Å². The van der Waals surface area contributed by atoms with Gasteiger partial charge in [-0.05, 0) is 43.6 Å². The highest BCUT2D eigenvalue weighted by molar-refractivity contribution is 5.82. The van der Waals surface area contributed by atoms with Gasteiger partial charge in [-0.2, -0.15) is 0 Å². The third-order valence-corrected chi connectivity index (χ3v) is 4.97. The summed E-state index contributed by atoms with van der Waals surface area (Å²) in [6, 6.07) is 0. The molecule has 2 rings (SSSR count). The minimum atomic E-state index is 0.300. The van der Waals surface area contributed by atoms with Crippen LogP contribution in [0.4, 0.5) is 0 Å². The normalized spacial score (nSPS) is 28.4. The van der Waals surface area contributed by atoms with E-state index in [9.17, 15) is 4.79 Å². The average Bonchev–Trinajstić information content (AvgIpc) is 2.26. The highest BCUT2D eigenvalue weighted by Crippen LogP contribution is 2.37. The molecule has 2 aliphatic rings.